The molecule has 0 spiro atoms. The summed E-state index contributed by atoms with van der Waals surface area (Å²) in [5, 5.41) is 0. The van der Waals surface area contributed by atoms with Crippen LogP contribution in [0.5, 0.6) is 0 Å². The van der Waals surface area contributed by atoms with Crippen molar-refractivity contribution in [3.8, 4) is 0 Å². The molecule has 0 N–H and O–H groups in total. The third kappa shape index (κ3) is 4.25. The minimum absolute atomic E-state index is 0.173. The maximum absolute atomic E-state index is 11.9. The van der Waals surface area contributed by atoms with Crippen molar-refractivity contribution < 1.29 is 26.9 Å². The van der Waals surface area contributed by atoms with E-state index in [0.717, 1.165) is 6.26 Å². The van der Waals surface area contributed by atoms with Crippen LogP contribution in [0.15, 0.2) is 0 Å². The first-order valence-corrected chi connectivity index (χ1v) is 7.31. The molecule has 17 heavy (non-hydrogen) atoms. The minimum Gasteiger partial charge on any atom is -0.465 e. The molecule has 0 amide bonds. The van der Waals surface area contributed by atoms with Crippen molar-refractivity contribution >= 4 is 16.1 Å². The Kier molecular flexibility index (Phi) is 4.91. The molecule has 100 valence electrons. The molecule has 1 saturated heterocycles. The van der Waals surface area contributed by atoms with Gasteiger partial charge in [-0.1, -0.05) is 0 Å². The standard InChI is InChI=1S/C10H18O6S/c1-3-15-9(11)10(4-6-14-7-5-10)8-16-17(2,12)13/h3-8H2,1-2H3. The van der Waals surface area contributed by atoms with Gasteiger partial charge in [0, 0.05) is 13.2 Å². The van der Waals surface area contributed by atoms with Gasteiger partial charge in [-0.3, -0.25) is 8.98 Å². The topological polar surface area (TPSA) is 78.9 Å². The van der Waals surface area contributed by atoms with Crippen LogP contribution in [0.2, 0.25) is 0 Å². The van der Waals surface area contributed by atoms with Gasteiger partial charge < -0.3 is 9.47 Å². The minimum atomic E-state index is -3.56. The molecule has 0 unspecified atom stereocenters. The Labute approximate surface area is 101 Å². The molecule has 0 atom stereocenters. The molecule has 1 aliphatic heterocycles. The summed E-state index contributed by atoms with van der Waals surface area (Å²) in [6, 6.07) is 0. The van der Waals surface area contributed by atoms with E-state index in [4.69, 9.17) is 13.7 Å². The fraction of sp³-hybridized carbons (Fsp3) is 0.900. The van der Waals surface area contributed by atoms with Crippen molar-refractivity contribution in [1.82, 2.24) is 0 Å². The Hall–Kier alpha value is -0.660. The summed E-state index contributed by atoms with van der Waals surface area (Å²) < 4.78 is 36.9. The van der Waals surface area contributed by atoms with E-state index >= 15 is 0 Å². The second-order valence-electron chi connectivity index (χ2n) is 4.08. The van der Waals surface area contributed by atoms with Crippen LogP contribution < -0.4 is 0 Å². The summed E-state index contributed by atoms with van der Waals surface area (Å²) in [4.78, 5) is 11.9. The predicted molar refractivity (Wildman–Crippen MR) is 59.9 cm³/mol. The maximum atomic E-state index is 11.9. The van der Waals surface area contributed by atoms with E-state index in [1.54, 1.807) is 6.92 Å². The van der Waals surface area contributed by atoms with Gasteiger partial charge in [0.25, 0.3) is 10.1 Å². The molecule has 1 aliphatic rings. The molecule has 0 aliphatic carbocycles. The van der Waals surface area contributed by atoms with Crippen LogP contribution >= 0.6 is 0 Å². The zero-order valence-corrected chi connectivity index (χ0v) is 10.9. The molecular weight excluding hydrogens is 248 g/mol. The van der Waals surface area contributed by atoms with Gasteiger partial charge >= 0.3 is 5.97 Å². The molecule has 0 bridgehead atoms. The van der Waals surface area contributed by atoms with Gasteiger partial charge in [-0.2, -0.15) is 8.42 Å². The van der Waals surface area contributed by atoms with E-state index in [1.165, 1.54) is 0 Å². The highest BCUT2D eigenvalue weighted by Crippen LogP contribution is 2.32. The normalized spacial score (nSPS) is 19.9. The molecule has 0 saturated carbocycles. The lowest BCUT2D eigenvalue weighted by molar-refractivity contribution is -0.163. The molecule has 1 heterocycles. The van der Waals surface area contributed by atoms with Crippen LogP contribution in [0.3, 0.4) is 0 Å². The second-order valence-corrected chi connectivity index (χ2v) is 5.72. The lowest BCUT2D eigenvalue weighted by atomic mass is 9.81. The van der Waals surface area contributed by atoms with Crippen molar-refractivity contribution in [2.45, 2.75) is 19.8 Å². The summed E-state index contributed by atoms with van der Waals surface area (Å²) in [5.41, 5.74) is -0.892. The highest BCUT2D eigenvalue weighted by atomic mass is 32.2. The molecule has 0 radical (unpaired) electrons. The van der Waals surface area contributed by atoms with E-state index in [0.29, 0.717) is 26.1 Å². The monoisotopic (exact) mass is 266 g/mol. The Morgan fingerprint density at radius 3 is 2.41 bits per heavy atom. The van der Waals surface area contributed by atoms with Crippen molar-refractivity contribution in [2.24, 2.45) is 5.41 Å². The molecule has 0 aromatic heterocycles. The third-order valence-corrected chi connectivity index (χ3v) is 3.25. The average Bonchev–Trinajstić information content (AvgIpc) is 2.27. The van der Waals surface area contributed by atoms with E-state index < -0.39 is 21.5 Å². The smallest absolute Gasteiger partial charge is 0.314 e. The van der Waals surface area contributed by atoms with E-state index in [-0.39, 0.29) is 13.2 Å². The van der Waals surface area contributed by atoms with Crippen LogP contribution in [0.1, 0.15) is 19.8 Å². The SMILES string of the molecule is CCOC(=O)C1(COS(C)(=O)=O)CCOCC1. The third-order valence-electron chi connectivity index (χ3n) is 2.71. The van der Waals surface area contributed by atoms with Crippen LogP contribution in [-0.4, -0.2) is 47.1 Å². The number of rotatable bonds is 5. The zero-order valence-electron chi connectivity index (χ0n) is 10.1. The van der Waals surface area contributed by atoms with Gasteiger partial charge in [-0.05, 0) is 19.8 Å². The van der Waals surface area contributed by atoms with Gasteiger partial charge in [0.2, 0.25) is 0 Å². The molecular formula is C10H18O6S. The van der Waals surface area contributed by atoms with E-state index in [1.807, 2.05) is 0 Å². The van der Waals surface area contributed by atoms with Crippen molar-refractivity contribution in [3.63, 3.8) is 0 Å². The van der Waals surface area contributed by atoms with E-state index in [9.17, 15) is 13.2 Å². The average molecular weight is 266 g/mol. The molecule has 1 rings (SSSR count). The Balaban J connectivity index is 2.74. The van der Waals surface area contributed by atoms with Gasteiger partial charge in [-0.25, -0.2) is 0 Å². The molecule has 0 aromatic carbocycles. The zero-order chi connectivity index (χ0) is 12.9. The van der Waals surface area contributed by atoms with Gasteiger partial charge in [0.05, 0.1) is 24.9 Å². The lowest BCUT2D eigenvalue weighted by Crippen LogP contribution is -2.42. The first-order chi connectivity index (χ1) is 7.90. The number of esters is 1. The van der Waals surface area contributed by atoms with Crippen LogP contribution in [-0.2, 0) is 28.6 Å². The van der Waals surface area contributed by atoms with Gasteiger partial charge in [0.1, 0.15) is 0 Å². The Morgan fingerprint density at radius 2 is 1.94 bits per heavy atom. The fourth-order valence-corrected chi connectivity index (χ4v) is 2.11. The van der Waals surface area contributed by atoms with Crippen LogP contribution in [0.25, 0.3) is 0 Å². The quantitative estimate of drug-likeness (QED) is 0.527. The number of carbonyl (C=O) groups excluding carboxylic acids is 1. The first kappa shape index (κ1) is 14.4. The maximum Gasteiger partial charge on any atom is 0.314 e. The summed E-state index contributed by atoms with van der Waals surface area (Å²) in [6.45, 7) is 2.62. The number of hydrogen-bond acceptors (Lipinski definition) is 6. The fourth-order valence-electron chi connectivity index (χ4n) is 1.67. The molecule has 0 aromatic rings. The highest BCUT2D eigenvalue weighted by molar-refractivity contribution is 7.85. The summed E-state index contributed by atoms with van der Waals surface area (Å²) >= 11 is 0. The first-order valence-electron chi connectivity index (χ1n) is 5.49. The largest absolute Gasteiger partial charge is 0.465 e. The van der Waals surface area contributed by atoms with Gasteiger partial charge in [-0.15, -0.1) is 0 Å². The van der Waals surface area contributed by atoms with Gasteiger partial charge in [0.15, 0.2) is 0 Å². The predicted octanol–water partition coefficient (Wildman–Crippen LogP) is 0.322. The van der Waals surface area contributed by atoms with Crippen molar-refractivity contribution in [3.05, 3.63) is 0 Å². The van der Waals surface area contributed by atoms with Crippen LogP contribution in [0, 0.1) is 5.41 Å². The van der Waals surface area contributed by atoms with E-state index in [2.05, 4.69) is 0 Å². The lowest BCUT2D eigenvalue weighted by Gasteiger charge is -2.33. The second kappa shape index (κ2) is 5.79. The molecule has 6 nitrogen and oxygen atoms in total. The summed E-state index contributed by atoms with van der Waals surface area (Å²) in [5.74, 6) is -0.410. The Bertz CT molecular complexity index is 355. The summed E-state index contributed by atoms with van der Waals surface area (Å²) in [6.07, 6.45) is 1.80. The van der Waals surface area contributed by atoms with Crippen molar-refractivity contribution in [1.29, 1.82) is 0 Å². The van der Waals surface area contributed by atoms with Crippen molar-refractivity contribution in [2.75, 3.05) is 32.7 Å². The summed E-state index contributed by atoms with van der Waals surface area (Å²) in [7, 11) is -3.56. The Morgan fingerprint density at radius 1 is 1.35 bits per heavy atom. The number of ether oxygens (including phenoxy) is 2. The molecule has 1 fully saturated rings. The van der Waals surface area contributed by atoms with Crippen LogP contribution in [0.4, 0.5) is 0 Å². The number of carbonyl (C=O) groups is 1. The highest BCUT2D eigenvalue weighted by Gasteiger charge is 2.42. The number of hydrogen-bond donors (Lipinski definition) is 0. The molecule has 7 heteroatoms.